The number of amides is 1. The van der Waals surface area contributed by atoms with E-state index in [2.05, 4.69) is 12.1 Å². The highest BCUT2D eigenvalue weighted by molar-refractivity contribution is 6.03. The molecule has 0 aromatic heterocycles. The lowest BCUT2D eigenvalue weighted by molar-refractivity contribution is -0.133. The van der Waals surface area contributed by atoms with Gasteiger partial charge < -0.3 is 4.74 Å². The molecule has 0 aliphatic carbocycles. The van der Waals surface area contributed by atoms with Crippen LogP contribution in [0.25, 0.3) is 0 Å². The van der Waals surface area contributed by atoms with E-state index in [9.17, 15) is 4.79 Å². The molecule has 146 valence electrons. The van der Waals surface area contributed by atoms with Gasteiger partial charge in [-0.1, -0.05) is 72.8 Å². The third-order valence-corrected chi connectivity index (χ3v) is 5.24. The first-order chi connectivity index (χ1) is 14.2. The molecule has 1 amide bonds. The fourth-order valence-corrected chi connectivity index (χ4v) is 3.64. The summed E-state index contributed by atoms with van der Waals surface area (Å²) in [4.78, 5) is 13.1. The van der Waals surface area contributed by atoms with Crippen molar-refractivity contribution in [2.75, 3.05) is 7.11 Å². The van der Waals surface area contributed by atoms with Gasteiger partial charge in [0.25, 0.3) is 0 Å². The molecule has 0 bridgehead atoms. The van der Waals surface area contributed by atoms with Crippen molar-refractivity contribution < 1.29 is 9.53 Å². The van der Waals surface area contributed by atoms with E-state index in [-0.39, 0.29) is 11.9 Å². The van der Waals surface area contributed by atoms with Crippen LogP contribution in [0, 0.1) is 0 Å². The molecule has 1 aliphatic rings. The van der Waals surface area contributed by atoms with Gasteiger partial charge in [-0.3, -0.25) is 4.79 Å². The van der Waals surface area contributed by atoms with Gasteiger partial charge in [-0.05, 0) is 35.2 Å². The Morgan fingerprint density at radius 1 is 0.966 bits per heavy atom. The number of aryl methyl sites for hydroxylation is 1. The molecule has 3 aromatic rings. The van der Waals surface area contributed by atoms with E-state index in [4.69, 9.17) is 9.84 Å². The monoisotopic (exact) mass is 384 g/mol. The van der Waals surface area contributed by atoms with E-state index < -0.39 is 0 Å². The number of hydrazone groups is 1. The zero-order valence-electron chi connectivity index (χ0n) is 16.5. The Morgan fingerprint density at radius 3 is 2.28 bits per heavy atom. The van der Waals surface area contributed by atoms with Gasteiger partial charge in [0.2, 0.25) is 5.91 Å². The normalized spacial score (nSPS) is 15.8. The summed E-state index contributed by atoms with van der Waals surface area (Å²) >= 11 is 0. The minimum atomic E-state index is -0.0978. The maximum absolute atomic E-state index is 13.1. The summed E-state index contributed by atoms with van der Waals surface area (Å²) in [6.07, 6.45) is 1.84. The fourth-order valence-electron chi connectivity index (χ4n) is 3.64. The quantitative estimate of drug-likeness (QED) is 0.600. The van der Waals surface area contributed by atoms with Crippen LogP contribution in [0.15, 0.2) is 90.0 Å². The van der Waals surface area contributed by atoms with Crippen molar-refractivity contribution in [1.29, 1.82) is 0 Å². The minimum Gasteiger partial charge on any atom is -0.497 e. The van der Waals surface area contributed by atoms with Crippen molar-refractivity contribution in [2.45, 2.75) is 25.3 Å². The van der Waals surface area contributed by atoms with Crippen molar-refractivity contribution in [2.24, 2.45) is 5.10 Å². The van der Waals surface area contributed by atoms with Gasteiger partial charge in [-0.2, -0.15) is 5.10 Å². The molecule has 0 N–H and O–H groups in total. The van der Waals surface area contributed by atoms with E-state index in [0.29, 0.717) is 19.3 Å². The average molecular weight is 384 g/mol. The smallest absolute Gasteiger partial charge is 0.243 e. The van der Waals surface area contributed by atoms with E-state index in [0.717, 1.165) is 28.2 Å². The van der Waals surface area contributed by atoms with Crippen molar-refractivity contribution >= 4 is 11.6 Å². The molecular formula is C25H24N2O2. The van der Waals surface area contributed by atoms with Crippen LogP contribution in [0.1, 0.15) is 35.6 Å². The molecular weight excluding hydrogens is 360 g/mol. The number of nitrogens with zero attached hydrogens (tertiary/aromatic N) is 2. The highest BCUT2D eigenvalue weighted by Gasteiger charge is 2.32. The molecule has 1 heterocycles. The van der Waals surface area contributed by atoms with Gasteiger partial charge in [-0.25, -0.2) is 5.01 Å². The highest BCUT2D eigenvalue weighted by atomic mass is 16.5. The van der Waals surface area contributed by atoms with E-state index in [1.165, 1.54) is 0 Å². The van der Waals surface area contributed by atoms with Crippen molar-refractivity contribution in [3.8, 4) is 5.75 Å². The number of benzene rings is 3. The largest absolute Gasteiger partial charge is 0.497 e. The standard InChI is InChI=1S/C25H24N2O2/c1-29-22-15-13-21(14-16-22)24-18-23(20-10-6-3-7-11-20)26-27(24)25(28)17-12-19-8-4-2-5-9-19/h2-11,13-16,24H,12,17-18H2,1H3. The summed E-state index contributed by atoms with van der Waals surface area (Å²) in [6.45, 7) is 0. The van der Waals surface area contributed by atoms with Gasteiger partial charge >= 0.3 is 0 Å². The number of hydrogen-bond donors (Lipinski definition) is 0. The summed E-state index contributed by atoms with van der Waals surface area (Å²) < 4.78 is 5.27. The van der Waals surface area contributed by atoms with Gasteiger partial charge in [0.15, 0.2) is 0 Å². The lowest BCUT2D eigenvalue weighted by Crippen LogP contribution is -2.27. The van der Waals surface area contributed by atoms with E-state index in [1.54, 1.807) is 12.1 Å². The fraction of sp³-hybridized carbons (Fsp3) is 0.200. The third-order valence-electron chi connectivity index (χ3n) is 5.24. The first kappa shape index (κ1) is 18.9. The maximum atomic E-state index is 13.1. The molecule has 0 radical (unpaired) electrons. The summed E-state index contributed by atoms with van der Waals surface area (Å²) in [5, 5.41) is 6.41. The molecule has 0 saturated heterocycles. The Morgan fingerprint density at radius 2 is 1.62 bits per heavy atom. The number of ether oxygens (including phenoxy) is 1. The first-order valence-corrected chi connectivity index (χ1v) is 9.87. The van der Waals surface area contributed by atoms with Crippen LogP contribution >= 0.6 is 0 Å². The predicted octanol–water partition coefficient (Wildman–Crippen LogP) is 5.01. The van der Waals surface area contributed by atoms with Gasteiger partial charge in [-0.15, -0.1) is 0 Å². The zero-order chi connectivity index (χ0) is 20.1. The number of carbonyl (C=O) groups excluding carboxylic acids is 1. The molecule has 1 unspecified atom stereocenters. The van der Waals surface area contributed by atoms with Gasteiger partial charge in [0.1, 0.15) is 5.75 Å². The van der Waals surface area contributed by atoms with Gasteiger partial charge in [0, 0.05) is 12.8 Å². The Kier molecular flexibility index (Phi) is 5.71. The lowest BCUT2D eigenvalue weighted by atomic mass is 9.98. The molecule has 4 nitrogen and oxygen atoms in total. The van der Waals surface area contributed by atoms with Crippen LogP contribution < -0.4 is 4.74 Å². The van der Waals surface area contributed by atoms with Crippen LogP contribution in [-0.2, 0) is 11.2 Å². The Bertz CT molecular complexity index is 982. The molecule has 0 saturated carbocycles. The number of rotatable bonds is 6. The second-order valence-corrected chi connectivity index (χ2v) is 7.13. The molecule has 3 aromatic carbocycles. The Hall–Kier alpha value is -3.40. The number of methoxy groups -OCH3 is 1. The first-order valence-electron chi connectivity index (χ1n) is 9.87. The second kappa shape index (κ2) is 8.74. The summed E-state index contributed by atoms with van der Waals surface area (Å²) in [6, 6.07) is 28.0. The Labute approximate surface area is 171 Å². The zero-order valence-corrected chi connectivity index (χ0v) is 16.5. The molecule has 4 rings (SSSR count). The lowest BCUT2D eigenvalue weighted by Gasteiger charge is -2.22. The van der Waals surface area contributed by atoms with Crippen LogP contribution in [-0.4, -0.2) is 23.7 Å². The van der Waals surface area contributed by atoms with Crippen LogP contribution in [0.4, 0.5) is 0 Å². The molecule has 1 atom stereocenters. The summed E-state index contributed by atoms with van der Waals surface area (Å²) in [5.74, 6) is 0.846. The third kappa shape index (κ3) is 4.37. The maximum Gasteiger partial charge on any atom is 0.243 e. The second-order valence-electron chi connectivity index (χ2n) is 7.13. The van der Waals surface area contributed by atoms with Crippen LogP contribution in [0.5, 0.6) is 5.75 Å². The van der Waals surface area contributed by atoms with Crippen molar-refractivity contribution in [1.82, 2.24) is 5.01 Å². The minimum absolute atomic E-state index is 0.0422. The number of carbonyl (C=O) groups is 1. The molecule has 0 spiro atoms. The predicted molar refractivity (Wildman–Crippen MR) is 115 cm³/mol. The topological polar surface area (TPSA) is 41.9 Å². The average Bonchev–Trinajstić information content (AvgIpc) is 3.24. The molecule has 0 fully saturated rings. The van der Waals surface area contributed by atoms with E-state index in [1.807, 2.05) is 72.8 Å². The SMILES string of the molecule is COc1ccc(C2CC(c3ccccc3)=NN2C(=O)CCc2ccccc2)cc1. The molecule has 4 heteroatoms. The van der Waals surface area contributed by atoms with Gasteiger partial charge in [0.05, 0.1) is 18.9 Å². The van der Waals surface area contributed by atoms with Crippen LogP contribution in [0.3, 0.4) is 0 Å². The molecule has 29 heavy (non-hydrogen) atoms. The summed E-state index contributed by atoms with van der Waals surface area (Å²) in [5.41, 5.74) is 4.23. The van der Waals surface area contributed by atoms with E-state index >= 15 is 0 Å². The Balaban J connectivity index is 1.57. The highest BCUT2D eigenvalue weighted by Crippen LogP contribution is 2.34. The van der Waals surface area contributed by atoms with Crippen molar-refractivity contribution in [3.63, 3.8) is 0 Å². The molecule has 1 aliphatic heterocycles. The van der Waals surface area contributed by atoms with Crippen LogP contribution in [0.2, 0.25) is 0 Å². The summed E-state index contributed by atoms with van der Waals surface area (Å²) in [7, 11) is 1.65. The van der Waals surface area contributed by atoms with Crippen molar-refractivity contribution in [3.05, 3.63) is 102 Å². The number of hydrogen-bond acceptors (Lipinski definition) is 3.